The number of carbonyl (C=O) groups is 2. The fourth-order valence-corrected chi connectivity index (χ4v) is 2.98. The quantitative estimate of drug-likeness (QED) is 0.445. The lowest BCUT2D eigenvalue weighted by molar-refractivity contribution is -0.159. The molecule has 7 heteroatoms. The Balaban J connectivity index is 2.55. The molecule has 0 unspecified atom stereocenters. The molecule has 0 aromatic carbocycles. The average molecular weight is 393 g/mol. The van der Waals surface area contributed by atoms with Crippen molar-refractivity contribution < 1.29 is 14.7 Å². The van der Waals surface area contributed by atoms with E-state index in [1.54, 1.807) is 6.20 Å². The number of nitrogens with zero attached hydrogens (tertiary/aromatic N) is 3. The first-order chi connectivity index (χ1) is 13.2. The number of aliphatic carboxylic acids is 1. The number of aromatic nitrogens is 1. The predicted molar refractivity (Wildman–Crippen MR) is 111 cm³/mol. The zero-order valence-corrected chi connectivity index (χ0v) is 18.0. The number of hydrogen-bond donors (Lipinski definition) is 2. The van der Waals surface area contributed by atoms with Crippen LogP contribution in [0, 0.1) is 0 Å². The molecule has 1 heterocycles. The Labute approximate surface area is 169 Å². The molecule has 7 nitrogen and oxygen atoms in total. The Kier molecular flexibility index (Phi) is 10.1. The number of carboxylic acids is 1. The van der Waals surface area contributed by atoms with Crippen LogP contribution in [0.2, 0.25) is 0 Å². The second kappa shape index (κ2) is 11.8. The van der Waals surface area contributed by atoms with Crippen LogP contribution in [-0.4, -0.2) is 63.5 Å². The van der Waals surface area contributed by atoms with Gasteiger partial charge in [0.25, 0.3) is 0 Å². The van der Waals surface area contributed by atoms with Gasteiger partial charge in [-0.1, -0.05) is 13.8 Å². The van der Waals surface area contributed by atoms with Gasteiger partial charge >= 0.3 is 11.9 Å². The maximum absolute atomic E-state index is 12.0. The molecule has 0 bridgehead atoms. The van der Waals surface area contributed by atoms with E-state index in [0.717, 1.165) is 43.9 Å². The Hall–Kier alpha value is -1.99. The Morgan fingerprint density at radius 2 is 1.86 bits per heavy atom. The first kappa shape index (κ1) is 24.0. The zero-order chi connectivity index (χ0) is 21.2. The van der Waals surface area contributed by atoms with Gasteiger partial charge in [-0.2, -0.15) is 0 Å². The van der Waals surface area contributed by atoms with E-state index in [2.05, 4.69) is 29.0 Å². The van der Waals surface area contributed by atoms with Gasteiger partial charge in [0.15, 0.2) is 0 Å². The molecule has 0 aliphatic heterocycles. The maximum Gasteiger partial charge on any atom is 0.394 e. The van der Waals surface area contributed by atoms with Crippen LogP contribution in [0.1, 0.15) is 58.7 Å². The van der Waals surface area contributed by atoms with Crippen molar-refractivity contribution in [3.05, 3.63) is 29.6 Å². The number of amides is 1. The summed E-state index contributed by atoms with van der Waals surface area (Å²) in [5.41, 5.74) is 1.18. The van der Waals surface area contributed by atoms with Crippen LogP contribution in [0.25, 0.3) is 0 Å². The minimum absolute atomic E-state index is 0.244. The topological polar surface area (TPSA) is 85.8 Å². The third kappa shape index (κ3) is 8.35. The molecular formula is C21H36N4O3. The lowest BCUT2D eigenvalue weighted by Gasteiger charge is -2.34. The number of carbonyl (C=O) groups excluding carboxylic acids is 1. The van der Waals surface area contributed by atoms with Gasteiger partial charge in [-0.25, -0.2) is 4.79 Å². The van der Waals surface area contributed by atoms with Crippen molar-refractivity contribution in [3.8, 4) is 0 Å². The van der Waals surface area contributed by atoms with Crippen LogP contribution in [-0.2, 0) is 22.7 Å². The summed E-state index contributed by atoms with van der Waals surface area (Å²) < 4.78 is 0. The normalized spacial score (nSPS) is 11.6. The first-order valence-corrected chi connectivity index (χ1v) is 10.1. The second-order valence-electron chi connectivity index (χ2n) is 7.93. The summed E-state index contributed by atoms with van der Waals surface area (Å²) in [6.07, 6.45) is 3.99. The number of carboxylic acid groups (broad SMARTS) is 1. The summed E-state index contributed by atoms with van der Waals surface area (Å²) in [7, 11) is 0. The molecule has 1 rings (SSSR count). The largest absolute Gasteiger partial charge is 0.474 e. The molecule has 0 saturated heterocycles. The summed E-state index contributed by atoms with van der Waals surface area (Å²) in [6.45, 7) is 15.0. The summed E-state index contributed by atoms with van der Waals surface area (Å²) in [5, 5.41) is 12.5. The number of pyridine rings is 1. The van der Waals surface area contributed by atoms with E-state index in [9.17, 15) is 9.59 Å². The van der Waals surface area contributed by atoms with Crippen molar-refractivity contribution in [1.29, 1.82) is 0 Å². The molecule has 0 aliphatic rings. The SMILES string of the molecule is CCN(CC)CCCCNCc1cc(CN(C(=O)C(=O)O)C(C)(C)C)ccn1. The monoisotopic (exact) mass is 392 g/mol. The van der Waals surface area contributed by atoms with Gasteiger partial charge in [-0.3, -0.25) is 9.78 Å². The molecule has 1 amide bonds. The fourth-order valence-electron chi connectivity index (χ4n) is 2.98. The summed E-state index contributed by atoms with van der Waals surface area (Å²) >= 11 is 0. The molecule has 1 aromatic rings. The van der Waals surface area contributed by atoms with Crippen LogP contribution < -0.4 is 5.32 Å². The van der Waals surface area contributed by atoms with Crippen LogP contribution in [0.3, 0.4) is 0 Å². The van der Waals surface area contributed by atoms with E-state index in [1.165, 1.54) is 11.3 Å². The average Bonchev–Trinajstić information content (AvgIpc) is 2.64. The van der Waals surface area contributed by atoms with E-state index < -0.39 is 17.4 Å². The summed E-state index contributed by atoms with van der Waals surface area (Å²) in [4.78, 5) is 31.3. The van der Waals surface area contributed by atoms with Gasteiger partial charge < -0.3 is 20.2 Å². The molecule has 2 N–H and O–H groups in total. The highest BCUT2D eigenvalue weighted by Crippen LogP contribution is 2.18. The highest BCUT2D eigenvalue weighted by atomic mass is 16.4. The molecule has 0 radical (unpaired) electrons. The molecule has 0 saturated carbocycles. The number of rotatable bonds is 11. The summed E-state index contributed by atoms with van der Waals surface area (Å²) in [6, 6.07) is 3.75. The Morgan fingerprint density at radius 1 is 1.18 bits per heavy atom. The fraction of sp³-hybridized carbons (Fsp3) is 0.667. The molecule has 158 valence electrons. The molecule has 0 aliphatic carbocycles. The van der Waals surface area contributed by atoms with Gasteiger partial charge in [-0.15, -0.1) is 0 Å². The third-order valence-electron chi connectivity index (χ3n) is 4.74. The minimum atomic E-state index is -1.43. The molecule has 0 atom stereocenters. The van der Waals surface area contributed by atoms with E-state index in [-0.39, 0.29) is 6.54 Å². The van der Waals surface area contributed by atoms with E-state index in [0.29, 0.717) is 6.54 Å². The van der Waals surface area contributed by atoms with Crippen LogP contribution >= 0.6 is 0 Å². The third-order valence-corrected chi connectivity index (χ3v) is 4.74. The Bertz CT molecular complexity index is 624. The van der Waals surface area contributed by atoms with E-state index >= 15 is 0 Å². The molecule has 0 spiro atoms. The highest BCUT2D eigenvalue weighted by molar-refractivity contribution is 6.31. The maximum atomic E-state index is 12.0. The van der Waals surface area contributed by atoms with E-state index in [1.807, 2.05) is 32.9 Å². The molecule has 28 heavy (non-hydrogen) atoms. The highest BCUT2D eigenvalue weighted by Gasteiger charge is 2.30. The van der Waals surface area contributed by atoms with Crippen molar-refractivity contribution in [2.24, 2.45) is 0 Å². The molecule has 1 aromatic heterocycles. The molecule has 0 fully saturated rings. The summed E-state index contributed by atoms with van der Waals surface area (Å²) in [5.74, 6) is -2.33. The van der Waals surface area contributed by atoms with E-state index in [4.69, 9.17) is 5.11 Å². The van der Waals surface area contributed by atoms with Crippen molar-refractivity contribution in [1.82, 2.24) is 20.1 Å². The number of unbranched alkanes of at least 4 members (excludes halogenated alkanes) is 1. The van der Waals surface area contributed by atoms with Gasteiger partial charge in [0.1, 0.15) is 0 Å². The smallest absolute Gasteiger partial charge is 0.394 e. The first-order valence-electron chi connectivity index (χ1n) is 10.1. The van der Waals surface area contributed by atoms with Crippen molar-refractivity contribution in [3.63, 3.8) is 0 Å². The minimum Gasteiger partial charge on any atom is -0.474 e. The lowest BCUT2D eigenvalue weighted by Crippen LogP contribution is -2.48. The Morgan fingerprint density at radius 3 is 2.43 bits per heavy atom. The number of hydrogen-bond acceptors (Lipinski definition) is 5. The van der Waals surface area contributed by atoms with Gasteiger partial charge in [0.05, 0.1) is 5.69 Å². The van der Waals surface area contributed by atoms with Crippen molar-refractivity contribution in [2.45, 2.75) is 66.1 Å². The molecular weight excluding hydrogens is 356 g/mol. The lowest BCUT2D eigenvalue weighted by atomic mass is 10.0. The standard InChI is InChI=1S/C21H36N4O3/c1-6-24(7-2)13-9-8-11-22-15-18-14-17(10-12-23-18)16-25(21(3,4)5)19(26)20(27)28/h10,12,14,22H,6-9,11,13,15-16H2,1-5H3,(H,27,28). The van der Waals surface area contributed by atoms with Crippen LogP contribution in [0.4, 0.5) is 0 Å². The zero-order valence-electron chi connectivity index (χ0n) is 18.0. The van der Waals surface area contributed by atoms with Crippen molar-refractivity contribution in [2.75, 3.05) is 26.2 Å². The van der Waals surface area contributed by atoms with Gasteiger partial charge in [0, 0.05) is 24.8 Å². The van der Waals surface area contributed by atoms with Crippen LogP contribution in [0.5, 0.6) is 0 Å². The van der Waals surface area contributed by atoms with Gasteiger partial charge in [-0.05, 0) is 77.5 Å². The van der Waals surface area contributed by atoms with Gasteiger partial charge in [0.2, 0.25) is 0 Å². The van der Waals surface area contributed by atoms with Crippen molar-refractivity contribution >= 4 is 11.9 Å². The predicted octanol–water partition coefficient (Wildman–Crippen LogP) is 2.50. The van der Waals surface area contributed by atoms with Crippen LogP contribution in [0.15, 0.2) is 18.3 Å². The number of nitrogens with one attached hydrogen (secondary N) is 1. The second-order valence-corrected chi connectivity index (χ2v) is 7.93.